The van der Waals surface area contributed by atoms with Gasteiger partial charge < -0.3 is 10.1 Å². The van der Waals surface area contributed by atoms with Crippen LogP contribution in [0.4, 0.5) is 0 Å². The molecule has 0 aliphatic heterocycles. The van der Waals surface area contributed by atoms with Crippen LogP contribution in [0.2, 0.25) is 0 Å². The van der Waals surface area contributed by atoms with Crippen LogP contribution >= 0.6 is 0 Å². The summed E-state index contributed by atoms with van der Waals surface area (Å²) in [5.74, 6) is 0.272. The van der Waals surface area contributed by atoms with Gasteiger partial charge in [0.2, 0.25) is 10.0 Å². The van der Waals surface area contributed by atoms with Crippen molar-refractivity contribution in [3.05, 3.63) is 59.7 Å². The normalized spacial score (nSPS) is 16.3. The van der Waals surface area contributed by atoms with Gasteiger partial charge in [-0.25, -0.2) is 8.42 Å². The van der Waals surface area contributed by atoms with Crippen molar-refractivity contribution < 1.29 is 17.9 Å². The van der Waals surface area contributed by atoms with Gasteiger partial charge in [-0.1, -0.05) is 38.1 Å². The third kappa shape index (κ3) is 4.97. The van der Waals surface area contributed by atoms with E-state index >= 15 is 0 Å². The number of ether oxygens (including phenoxy) is 1. The number of amides is 1. The van der Waals surface area contributed by atoms with E-state index in [1.54, 1.807) is 12.1 Å². The maximum atomic E-state index is 12.5. The lowest BCUT2D eigenvalue weighted by molar-refractivity contribution is -0.124. The summed E-state index contributed by atoms with van der Waals surface area (Å²) >= 11 is 0. The number of aryl methyl sites for hydroxylation is 1. The van der Waals surface area contributed by atoms with E-state index in [1.165, 1.54) is 27.6 Å². The van der Waals surface area contributed by atoms with Gasteiger partial charge in [0.05, 0.1) is 10.9 Å². The van der Waals surface area contributed by atoms with Crippen LogP contribution in [-0.4, -0.2) is 38.3 Å². The first-order valence-corrected chi connectivity index (χ1v) is 11.5. The average molecular weight is 417 g/mol. The third-order valence-corrected chi connectivity index (χ3v) is 7.31. The van der Waals surface area contributed by atoms with Crippen molar-refractivity contribution in [2.45, 2.75) is 44.0 Å². The van der Waals surface area contributed by atoms with Crippen molar-refractivity contribution in [1.29, 1.82) is 0 Å². The number of nitrogens with one attached hydrogen (secondary N) is 1. The number of carbonyl (C=O) groups is 1. The molecule has 29 heavy (non-hydrogen) atoms. The molecule has 0 aromatic heterocycles. The van der Waals surface area contributed by atoms with Crippen molar-refractivity contribution >= 4 is 15.9 Å². The fraction of sp³-hybridized carbons (Fsp3) is 0.409. The molecule has 0 radical (unpaired) electrons. The molecule has 0 spiro atoms. The molecule has 2 aromatic rings. The van der Waals surface area contributed by atoms with Crippen LogP contribution in [0.5, 0.6) is 5.75 Å². The highest BCUT2D eigenvalue weighted by Crippen LogP contribution is 2.29. The van der Waals surface area contributed by atoms with Gasteiger partial charge in [0.15, 0.2) is 6.61 Å². The Bertz CT molecular complexity index is 938. The molecule has 0 bridgehead atoms. The lowest BCUT2D eigenvalue weighted by Gasteiger charge is -2.26. The molecule has 0 saturated carbocycles. The molecule has 156 valence electrons. The first-order chi connectivity index (χ1) is 14.0. The SMILES string of the molecule is CCN(CC)S(=O)(=O)c1ccc(OCC(=O)NC2CCCc3ccccc32)cc1. The lowest BCUT2D eigenvalue weighted by Crippen LogP contribution is -2.34. The molecule has 1 aliphatic rings. The molecule has 1 amide bonds. The summed E-state index contributed by atoms with van der Waals surface area (Å²) in [5, 5.41) is 3.04. The number of rotatable bonds is 8. The van der Waals surface area contributed by atoms with Crippen molar-refractivity contribution in [3.8, 4) is 5.75 Å². The summed E-state index contributed by atoms with van der Waals surface area (Å²) in [4.78, 5) is 12.6. The summed E-state index contributed by atoms with van der Waals surface area (Å²) in [5.41, 5.74) is 2.47. The molecule has 1 N–H and O–H groups in total. The Labute approximate surface area is 172 Å². The largest absolute Gasteiger partial charge is 0.484 e. The van der Waals surface area contributed by atoms with E-state index in [9.17, 15) is 13.2 Å². The Kier molecular flexibility index (Phi) is 6.92. The van der Waals surface area contributed by atoms with E-state index in [-0.39, 0.29) is 23.5 Å². The second kappa shape index (κ2) is 9.41. The van der Waals surface area contributed by atoms with Crippen LogP contribution in [0, 0.1) is 0 Å². The molecule has 6 nitrogen and oxygen atoms in total. The topological polar surface area (TPSA) is 75.7 Å². The van der Waals surface area contributed by atoms with E-state index < -0.39 is 10.0 Å². The Morgan fingerprint density at radius 1 is 1.10 bits per heavy atom. The van der Waals surface area contributed by atoms with E-state index in [1.807, 2.05) is 26.0 Å². The first-order valence-electron chi connectivity index (χ1n) is 10.1. The number of nitrogens with zero attached hydrogens (tertiary/aromatic N) is 1. The molecule has 1 aliphatic carbocycles. The van der Waals surface area contributed by atoms with E-state index in [2.05, 4.69) is 17.4 Å². The molecule has 7 heteroatoms. The quantitative estimate of drug-likeness (QED) is 0.717. The van der Waals surface area contributed by atoms with Gasteiger partial charge in [-0.3, -0.25) is 4.79 Å². The predicted octanol–water partition coefficient (Wildman–Crippen LogP) is 3.29. The minimum atomic E-state index is -3.50. The van der Waals surface area contributed by atoms with Gasteiger partial charge in [0.1, 0.15) is 5.75 Å². The Morgan fingerprint density at radius 2 is 1.79 bits per heavy atom. The number of carbonyl (C=O) groups excluding carboxylic acids is 1. The fourth-order valence-corrected chi connectivity index (χ4v) is 5.17. The number of hydrogen-bond acceptors (Lipinski definition) is 4. The third-order valence-electron chi connectivity index (χ3n) is 5.24. The van der Waals surface area contributed by atoms with Gasteiger partial charge in [0, 0.05) is 13.1 Å². The zero-order valence-corrected chi connectivity index (χ0v) is 17.7. The zero-order chi connectivity index (χ0) is 20.9. The highest BCUT2D eigenvalue weighted by atomic mass is 32.2. The van der Waals surface area contributed by atoms with Crippen LogP contribution in [0.3, 0.4) is 0 Å². The molecule has 0 fully saturated rings. The Morgan fingerprint density at radius 3 is 2.48 bits per heavy atom. The van der Waals surface area contributed by atoms with Gasteiger partial charge in [-0.05, 0) is 54.7 Å². The summed E-state index contributed by atoms with van der Waals surface area (Å²) in [6.07, 6.45) is 3.01. The minimum Gasteiger partial charge on any atom is -0.484 e. The average Bonchev–Trinajstić information content (AvgIpc) is 2.73. The second-order valence-corrected chi connectivity index (χ2v) is 9.00. The number of hydrogen-bond donors (Lipinski definition) is 1. The van der Waals surface area contributed by atoms with Crippen LogP contribution in [0.25, 0.3) is 0 Å². The van der Waals surface area contributed by atoms with E-state index in [0.717, 1.165) is 19.3 Å². The van der Waals surface area contributed by atoms with Gasteiger partial charge in [0.25, 0.3) is 5.91 Å². The monoisotopic (exact) mass is 416 g/mol. The second-order valence-electron chi connectivity index (χ2n) is 7.06. The number of benzene rings is 2. The van der Waals surface area contributed by atoms with Gasteiger partial charge in [-0.2, -0.15) is 4.31 Å². The standard InChI is InChI=1S/C22H28N2O4S/c1-3-24(4-2)29(26,27)19-14-12-18(13-15-19)28-16-22(25)23-21-11-7-9-17-8-5-6-10-20(17)21/h5-6,8,10,12-15,21H,3-4,7,9,11,16H2,1-2H3,(H,23,25). The molecule has 3 rings (SSSR count). The highest BCUT2D eigenvalue weighted by Gasteiger charge is 2.22. The lowest BCUT2D eigenvalue weighted by atomic mass is 9.88. The van der Waals surface area contributed by atoms with Gasteiger partial charge in [-0.15, -0.1) is 0 Å². The number of fused-ring (bicyclic) bond motifs is 1. The van der Waals surface area contributed by atoms with Crippen LogP contribution in [0.15, 0.2) is 53.4 Å². The Balaban J connectivity index is 1.58. The molecule has 0 heterocycles. The van der Waals surface area contributed by atoms with Crippen molar-refractivity contribution in [3.63, 3.8) is 0 Å². The van der Waals surface area contributed by atoms with Crippen LogP contribution < -0.4 is 10.1 Å². The molecule has 1 unspecified atom stereocenters. The van der Waals surface area contributed by atoms with Crippen LogP contribution in [0.1, 0.15) is 43.9 Å². The maximum absolute atomic E-state index is 12.5. The predicted molar refractivity (Wildman–Crippen MR) is 112 cm³/mol. The first kappa shape index (κ1) is 21.3. The minimum absolute atomic E-state index is 0.0117. The van der Waals surface area contributed by atoms with Crippen molar-refractivity contribution in [2.75, 3.05) is 19.7 Å². The maximum Gasteiger partial charge on any atom is 0.258 e. The smallest absolute Gasteiger partial charge is 0.258 e. The summed E-state index contributed by atoms with van der Waals surface area (Å²) in [6.45, 7) is 4.34. The van der Waals surface area contributed by atoms with E-state index in [4.69, 9.17) is 4.74 Å². The Hall–Kier alpha value is -2.38. The fourth-order valence-electron chi connectivity index (χ4n) is 3.71. The zero-order valence-electron chi connectivity index (χ0n) is 16.9. The van der Waals surface area contributed by atoms with Crippen molar-refractivity contribution in [1.82, 2.24) is 9.62 Å². The van der Waals surface area contributed by atoms with Crippen LogP contribution in [-0.2, 0) is 21.2 Å². The molecule has 2 aromatic carbocycles. The van der Waals surface area contributed by atoms with Gasteiger partial charge >= 0.3 is 0 Å². The molecular formula is C22H28N2O4S. The molecular weight excluding hydrogens is 388 g/mol. The summed E-state index contributed by atoms with van der Waals surface area (Å²) in [7, 11) is -3.50. The number of sulfonamides is 1. The summed E-state index contributed by atoms with van der Waals surface area (Å²) < 4.78 is 32.0. The summed E-state index contributed by atoms with van der Waals surface area (Å²) in [6, 6.07) is 14.4. The highest BCUT2D eigenvalue weighted by molar-refractivity contribution is 7.89. The van der Waals surface area contributed by atoms with Crippen molar-refractivity contribution in [2.24, 2.45) is 0 Å². The molecule has 1 atom stereocenters. The van der Waals surface area contributed by atoms with E-state index in [0.29, 0.717) is 18.8 Å². The molecule has 0 saturated heterocycles.